The average Bonchev–Trinajstić information content (AvgIpc) is 2.61. The number of benzene rings is 1. The van der Waals surface area contributed by atoms with E-state index in [-0.39, 0.29) is 18.9 Å². The first kappa shape index (κ1) is 17.1. The molecule has 6 heteroatoms. The molecule has 1 aromatic heterocycles. The van der Waals surface area contributed by atoms with Crippen LogP contribution in [0, 0.1) is 6.92 Å². The number of rotatable bonds is 4. The van der Waals surface area contributed by atoms with Crippen molar-refractivity contribution in [2.45, 2.75) is 19.4 Å². The Hall–Kier alpha value is -2.73. The first-order chi connectivity index (χ1) is 12.0. The number of hydrogen-bond donors (Lipinski definition) is 1. The summed E-state index contributed by atoms with van der Waals surface area (Å²) in [7, 11) is 0. The third kappa shape index (κ3) is 4.22. The number of morpholine rings is 1. The molecule has 2 aromatic rings. The molecule has 1 aromatic carbocycles. The highest BCUT2D eigenvalue weighted by atomic mass is 16.5. The number of aromatic nitrogens is 1. The summed E-state index contributed by atoms with van der Waals surface area (Å²) >= 11 is 0. The fraction of sp³-hybridized carbons (Fsp3) is 0.316. The van der Waals surface area contributed by atoms with E-state index < -0.39 is 12.1 Å². The zero-order valence-corrected chi connectivity index (χ0v) is 14.0. The molecule has 0 radical (unpaired) electrons. The van der Waals surface area contributed by atoms with E-state index in [1.165, 1.54) is 0 Å². The molecule has 3 rings (SSSR count). The van der Waals surface area contributed by atoms with Gasteiger partial charge in [0, 0.05) is 31.0 Å². The molecule has 1 atom stereocenters. The smallest absolute Gasteiger partial charge is 0.306 e. The third-order valence-electron chi connectivity index (χ3n) is 4.16. The van der Waals surface area contributed by atoms with E-state index in [0.29, 0.717) is 18.7 Å². The van der Waals surface area contributed by atoms with Gasteiger partial charge < -0.3 is 14.7 Å². The Morgan fingerprint density at radius 3 is 2.88 bits per heavy atom. The van der Waals surface area contributed by atoms with Crippen LogP contribution < -0.4 is 0 Å². The van der Waals surface area contributed by atoms with E-state index in [0.717, 1.165) is 16.7 Å². The van der Waals surface area contributed by atoms with Crippen LogP contribution in [-0.4, -0.2) is 52.7 Å². The fourth-order valence-electron chi connectivity index (χ4n) is 2.94. The quantitative estimate of drug-likeness (QED) is 0.924. The molecule has 1 aliphatic heterocycles. The lowest BCUT2D eigenvalue weighted by atomic mass is 10.0. The summed E-state index contributed by atoms with van der Waals surface area (Å²) in [5.41, 5.74) is 3.52. The molecule has 6 nitrogen and oxygen atoms in total. The minimum absolute atomic E-state index is 0.106. The monoisotopic (exact) mass is 340 g/mol. The van der Waals surface area contributed by atoms with Gasteiger partial charge in [-0.1, -0.05) is 29.8 Å². The maximum Gasteiger partial charge on any atom is 0.306 e. The lowest BCUT2D eigenvalue weighted by Gasteiger charge is -2.32. The number of pyridine rings is 1. The second-order valence-electron chi connectivity index (χ2n) is 6.17. The molecule has 2 heterocycles. The molecule has 0 bridgehead atoms. The summed E-state index contributed by atoms with van der Waals surface area (Å²) < 4.78 is 5.42. The highest BCUT2D eigenvalue weighted by Crippen LogP contribution is 2.21. The standard InChI is InChI=1S/C19H20N2O4/c1-13-3-2-4-14(7-13)15-8-16(11-20-10-15)19(24)21-5-6-25-17(12-21)9-18(22)23/h2-4,7-8,10-11,17H,5-6,9,12H2,1H3,(H,22,23). The maximum absolute atomic E-state index is 12.8. The first-order valence-corrected chi connectivity index (χ1v) is 8.17. The van der Waals surface area contributed by atoms with Crippen LogP contribution in [0.3, 0.4) is 0 Å². The molecule has 0 saturated carbocycles. The van der Waals surface area contributed by atoms with Crippen molar-refractivity contribution in [3.05, 3.63) is 53.9 Å². The van der Waals surface area contributed by atoms with Crippen molar-refractivity contribution in [2.24, 2.45) is 0 Å². The number of nitrogens with zero attached hydrogens (tertiary/aromatic N) is 2. The van der Waals surface area contributed by atoms with Gasteiger partial charge in [0.05, 0.1) is 24.7 Å². The largest absolute Gasteiger partial charge is 0.481 e. The summed E-state index contributed by atoms with van der Waals surface area (Å²) in [5, 5.41) is 8.90. The van der Waals surface area contributed by atoms with Gasteiger partial charge in [0.15, 0.2) is 0 Å². The van der Waals surface area contributed by atoms with Crippen LogP contribution in [0.2, 0.25) is 0 Å². The fourth-order valence-corrected chi connectivity index (χ4v) is 2.94. The number of ether oxygens (including phenoxy) is 1. The number of aryl methyl sites for hydroxylation is 1. The highest BCUT2D eigenvalue weighted by Gasteiger charge is 2.26. The van der Waals surface area contributed by atoms with Crippen molar-refractivity contribution >= 4 is 11.9 Å². The number of amides is 1. The Bertz CT molecular complexity index is 790. The van der Waals surface area contributed by atoms with Crippen molar-refractivity contribution in [3.8, 4) is 11.1 Å². The Kier molecular flexibility index (Phi) is 5.09. The molecular weight excluding hydrogens is 320 g/mol. The topological polar surface area (TPSA) is 79.7 Å². The second kappa shape index (κ2) is 7.44. The van der Waals surface area contributed by atoms with E-state index in [1.807, 2.05) is 37.3 Å². The van der Waals surface area contributed by atoms with Gasteiger partial charge in [0.2, 0.25) is 0 Å². The predicted octanol–water partition coefficient (Wildman–Crippen LogP) is 2.37. The van der Waals surface area contributed by atoms with E-state index in [4.69, 9.17) is 9.84 Å². The number of hydrogen-bond acceptors (Lipinski definition) is 4. The Morgan fingerprint density at radius 1 is 1.28 bits per heavy atom. The maximum atomic E-state index is 12.8. The molecule has 130 valence electrons. The molecule has 1 saturated heterocycles. The number of carboxylic acid groups (broad SMARTS) is 1. The number of carbonyl (C=O) groups excluding carboxylic acids is 1. The summed E-state index contributed by atoms with van der Waals surface area (Å²) in [6, 6.07) is 9.84. The SMILES string of the molecule is Cc1cccc(-c2cncc(C(=O)N3CCOC(CC(=O)O)C3)c2)c1. The molecule has 1 fully saturated rings. The van der Waals surface area contributed by atoms with Crippen LogP contribution in [0.1, 0.15) is 22.3 Å². The van der Waals surface area contributed by atoms with Crippen LogP contribution >= 0.6 is 0 Å². The molecule has 1 aliphatic rings. The van der Waals surface area contributed by atoms with Crippen molar-refractivity contribution in [1.29, 1.82) is 0 Å². The summed E-state index contributed by atoms with van der Waals surface area (Å²) in [4.78, 5) is 29.4. The Labute approximate surface area is 146 Å². The highest BCUT2D eigenvalue weighted by molar-refractivity contribution is 5.95. The normalized spacial score (nSPS) is 17.3. The van der Waals surface area contributed by atoms with Crippen LogP contribution in [-0.2, 0) is 9.53 Å². The van der Waals surface area contributed by atoms with Gasteiger partial charge >= 0.3 is 5.97 Å². The summed E-state index contributed by atoms with van der Waals surface area (Å²) in [6.45, 7) is 3.08. The van der Waals surface area contributed by atoms with Gasteiger partial charge in [0.25, 0.3) is 5.91 Å². The molecule has 25 heavy (non-hydrogen) atoms. The molecule has 1 unspecified atom stereocenters. The summed E-state index contributed by atoms with van der Waals surface area (Å²) in [5.74, 6) is -1.08. The van der Waals surface area contributed by atoms with E-state index in [1.54, 1.807) is 17.3 Å². The molecule has 1 N–H and O–H groups in total. The summed E-state index contributed by atoms with van der Waals surface area (Å²) in [6.07, 6.45) is 2.70. The van der Waals surface area contributed by atoms with Gasteiger partial charge in [-0.25, -0.2) is 0 Å². The van der Waals surface area contributed by atoms with Gasteiger partial charge in [-0.2, -0.15) is 0 Å². The van der Waals surface area contributed by atoms with Crippen molar-refractivity contribution in [3.63, 3.8) is 0 Å². The van der Waals surface area contributed by atoms with Gasteiger partial charge in [0.1, 0.15) is 0 Å². The average molecular weight is 340 g/mol. The molecular formula is C19H20N2O4. The van der Waals surface area contributed by atoms with Crippen LogP contribution in [0.15, 0.2) is 42.7 Å². The molecule has 0 spiro atoms. The van der Waals surface area contributed by atoms with Gasteiger partial charge in [-0.05, 0) is 18.6 Å². The van der Waals surface area contributed by atoms with Crippen LogP contribution in [0.5, 0.6) is 0 Å². The first-order valence-electron chi connectivity index (χ1n) is 8.17. The number of carbonyl (C=O) groups is 2. The lowest BCUT2D eigenvalue weighted by molar-refractivity contribution is -0.141. The zero-order chi connectivity index (χ0) is 17.8. The minimum Gasteiger partial charge on any atom is -0.481 e. The van der Waals surface area contributed by atoms with E-state index >= 15 is 0 Å². The van der Waals surface area contributed by atoms with Gasteiger partial charge in [-0.15, -0.1) is 0 Å². The van der Waals surface area contributed by atoms with Crippen molar-refractivity contribution in [2.75, 3.05) is 19.7 Å². The second-order valence-corrected chi connectivity index (χ2v) is 6.17. The predicted molar refractivity (Wildman–Crippen MR) is 92.3 cm³/mol. The number of aliphatic carboxylic acids is 1. The van der Waals surface area contributed by atoms with Crippen molar-refractivity contribution < 1.29 is 19.4 Å². The van der Waals surface area contributed by atoms with Crippen LogP contribution in [0.4, 0.5) is 0 Å². The van der Waals surface area contributed by atoms with Crippen LogP contribution in [0.25, 0.3) is 11.1 Å². The molecule has 1 amide bonds. The Balaban J connectivity index is 1.78. The van der Waals surface area contributed by atoms with E-state index in [9.17, 15) is 9.59 Å². The minimum atomic E-state index is -0.928. The molecule has 0 aliphatic carbocycles. The van der Waals surface area contributed by atoms with E-state index in [2.05, 4.69) is 4.98 Å². The Morgan fingerprint density at radius 2 is 2.12 bits per heavy atom. The van der Waals surface area contributed by atoms with Gasteiger partial charge in [-0.3, -0.25) is 14.6 Å². The number of carboxylic acids is 1. The zero-order valence-electron chi connectivity index (χ0n) is 14.0. The third-order valence-corrected chi connectivity index (χ3v) is 4.16. The van der Waals surface area contributed by atoms with Crippen molar-refractivity contribution in [1.82, 2.24) is 9.88 Å². The lowest BCUT2D eigenvalue weighted by Crippen LogP contribution is -2.46.